The molecule has 1 aliphatic heterocycles. The lowest BCUT2D eigenvalue weighted by Crippen LogP contribution is -2.41. The van der Waals surface area contributed by atoms with Crippen molar-refractivity contribution in [2.45, 2.75) is 43.6 Å². The third kappa shape index (κ3) is 3.84. The maximum absolute atomic E-state index is 13.3. The monoisotopic (exact) mass is 427 g/mol. The van der Waals surface area contributed by atoms with Gasteiger partial charge in [0.25, 0.3) is 0 Å². The Morgan fingerprint density at radius 1 is 1.21 bits per heavy atom. The van der Waals surface area contributed by atoms with Crippen molar-refractivity contribution in [3.05, 3.63) is 70.0 Å². The number of halogens is 1. The minimum atomic E-state index is -0.419. The summed E-state index contributed by atoms with van der Waals surface area (Å²) in [6.07, 6.45) is 0.743. The average Bonchev–Trinajstić information content (AvgIpc) is 3.13. The van der Waals surface area contributed by atoms with Crippen LogP contribution < -0.4 is 10.7 Å². The van der Waals surface area contributed by atoms with E-state index in [2.05, 4.69) is 20.9 Å². The van der Waals surface area contributed by atoms with Crippen molar-refractivity contribution in [1.82, 2.24) is 14.9 Å². The summed E-state index contributed by atoms with van der Waals surface area (Å²) in [5, 5.41) is 12.5. The highest BCUT2D eigenvalue weighted by Crippen LogP contribution is 2.38. The van der Waals surface area contributed by atoms with E-state index in [1.54, 1.807) is 0 Å². The third-order valence-corrected chi connectivity index (χ3v) is 6.64. The first-order valence-corrected chi connectivity index (χ1v) is 10.7. The van der Waals surface area contributed by atoms with Crippen molar-refractivity contribution in [3.63, 3.8) is 0 Å². The van der Waals surface area contributed by atoms with E-state index in [0.29, 0.717) is 10.2 Å². The molecule has 8 heteroatoms. The summed E-state index contributed by atoms with van der Waals surface area (Å²) in [4.78, 5) is 13.3. The normalized spacial score (nSPS) is 18.1. The van der Waals surface area contributed by atoms with Crippen LogP contribution in [0.15, 0.2) is 47.6 Å². The molecular weight excluding hydrogens is 406 g/mol. The smallest absolute Gasteiger partial charge is 0.240 e. The Hall–Kier alpha value is -2.51. The molecule has 2 atom stereocenters. The fourth-order valence-electron chi connectivity index (χ4n) is 3.34. The second-order valence-corrected chi connectivity index (χ2v) is 8.57. The minimum absolute atomic E-state index is 0.0801. The van der Waals surface area contributed by atoms with Crippen LogP contribution in [0.1, 0.15) is 35.5 Å². The van der Waals surface area contributed by atoms with Crippen molar-refractivity contribution in [2.24, 2.45) is 0 Å². The number of nitrogens with zero attached hydrogens (tertiary/aromatic N) is 3. The minimum Gasteiger partial charge on any atom is -0.325 e. The molecular formula is C21H22ClN5OS. The Balaban J connectivity index is 1.69. The first kappa shape index (κ1) is 19.8. The van der Waals surface area contributed by atoms with Crippen LogP contribution in [0.25, 0.3) is 0 Å². The summed E-state index contributed by atoms with van der Waals surface area (Å²) in [5.74, 6) is 0.753. The molecule has 0 unspecified atom stereocenters. The van der Waals surface area contributed by atoms with Crippen molar-refractivity contribution in [2.75, 3.05) is 10.7 Å². The summed E-state index contributed by atoms with van der Waals surface area (Å²) in [6.45, 7) is 6.07. The van der Waals surface area contributed by atoms with Crippen LogP contribution in [0.2, 0.25) is 5.02 Å². The lowest BCUT2D eigenvalue weighted by Gasteiger charge is -2.33. The van der Waals surface area contributed by atoms with E-state index in [9.17, 15) is 4.79 Å². The van der Waals surface area contributed by atoms with Gasteiger partial charge in [-0.2, -0.15) is 0 Å². The number of amides is 1. The Bertz CT molecular complexity index is 1050. The fourth-order valence-corrected chi connectivity index (χ4v) is 4.56. The van der Waals surface area contributed by atoms with Crippen LogP contribution in [0.5, 0.6) is 0 Å². The number of rotatable bonds is 4. The second-order valence-electron chi connectivity index (χ2n) is 7.02. The van der Waals surface area contributed by atoms with Gasteiger partial charge in [0.1, 0.15) is 5.25 Å². The molecule has 2 heterocycles. The van der Waals surface area contributed by atoms with E-state index >= 15 is 0 Å². The molecule has 0 saturated heterocycles. The largest absolute Gasteiger partial charge is 0.325 e. The quantitative estimate of drug-likeness (QED) is 0.641. The molecule has 0 saturated carbocycles. The first-order chi connectivity index (χ1) is 14.0. The van der Waals surface area contributed by atoms with Crippen LogP contribution in [0.3, 0.4) is 0 Å². The zero-order chi connectivity index (χ0) is 20.5. The molecule has 0 bridgehead atoms. The maximum atomic E-state index is 13.3. The number of fused-ring (bicyclic) bond motifs is 1. The third-order valence-electron chi connectivity index (χ3n) is 5.17. The van der Waals surface area contributed by atoms with Gasteiger partial charge in [0.2, 0.25) is 11.1 Å². The van der Waals surface area contributed by atoms with Gasteiger partial charge >= 0.3 is 0 Å². The van der Waals surface area contributed by atoms with Gasteiger partial charge in [-0.1, -0.05) is 54.6 Å². The number of hydrogen-bond donors (Lipinski definition) is 2. The molecule has 0 radical (unpaired) electrons. The Morgan fingerprint density at radius 2 is 1.97 bits per heavy atom. The van der Waals surface area contributed by atoms with Gasteiger partial charge < -0.3 is 10.7 Å². The molecule has 2 N–H and O–H groups in total. The molecule has 0 aliphatic carbocycles. The van der Waals surface area contributed by atoms with Crippen LogP contribution in [-0.2, 0) is 11.2 Å². The van der Waals surface area contributed by atoms with Gasteiger partial charge in [0, 0.05) is 17.1 Å². The van der Waals surface area contributed by atoms with E-state index < -0.39 is 5.25 Å². The number of carbonyl (C=O) groups is 1. The lowest BCUT2D eigenvalue weighted by atomic mass is 10.0. The van der Waals surface area contributed by atoms with Crippen molar-refractivity contribution in [3.8, 4) is 0 Å². The number of benzene rings is 2. The molecule has 4 rings (SSSR count). The highest BCUT2D eigenvalue weighted by molar-refractivity contribution is 8.00. The van der Waals surface area contributed by atoms with Crippen LogP contribution >= 0.6 is 23.4 Å². The lowest BCUT2D eigenvalue weighted by molar-refractivity contribution is -0.116. The predicted molar refractivity (Wildman–Crippen MR) is 117 cm³/mol. The SMILES string of the molecule is CCc1nnc2n1N[C@@H](c1ccc(Cl)cc1)[C@H](C(=O)Nc1cccc(C)c1C)S2. The summed E-state index contributed by atoms with van der Waals surface area (Å²) in [5.41, 5.74) is 7.45. The molecule has 1 aliphatic rings. The average molecular weight is 428 g/mol. The molecule has 0 spiro atoms. The molecule has 0 fully saturated rings. The fraction of sp³-hybridized carbons (Fsp3) is 0.286. The van der Waals surface area contributed by atoms with Crippen LogP contribution in [0, 0.1) is 13.8 Å². The number of carbonyl (C=O) groups excluding carboxylic acids is 1. The molecule has 2 aromatic carbocycles. The summed E-state index contributed by atoms with van der Waals surface area (Å²) in [7, 11) is 0. The highest BCUT2D eigenvalue weighted by Gasteiger charge is 2.37. The molecule has 6 nitrogen and oxygen atoms in total. The Morgan fingerprint density at radius 3 is 2.69 bits per heavy atom. The summed E-state index contributed by atoms with van der Waals surface area (Å²) < 4.78 is 1.88. The zero-order valence-corrected chi connectivity index (χ0v) is 18.0. The summed E-state index contributed by atoms with van der Waals surface area (Å²) in [6, 6.07) is 13.2. The molecule has 1 amide bonds. The molecule has 150 valence electrons. The number of hydrogen-bond acceptors (Lipinski definition) is 5. The number of aryl methyl sites for hydroxylation is 2. The van der Waals surface area contributed by atoms with Gasteiger partial charge in [-0.05, 0) is 48.7 Å². The number of anilines is 1. The van der Waals surface area contributed by atoms with E-state index in [1.165, 1.54) is 11.8 Å². The van der Waals surface area contributed by atoms with Gasteiger partial charge in [0.15, 0.2) is 5.82 Å². The van der Waals surface area contributed by atoms with Crippen molar-refractivity contribution >= 4 is 35.0 Å². The topological polar surface area (TPSA) is 71.8 Å². The predicted octanol–water partition coefficient (Wildman–Crippen LogP) is 4.51. The van der Waals surface area contributed by atoms with Gasteiger partial charge in [0.05, 0.1) is 6.04 Å². The van der Waals surface area contributed by atoms with Crippen LogP contribution in [-0.4, -0.2) is 26.0 Å². The van der Waals surface area contributed by atoms with E-state index in [-0.39, 0.29) is 11.9 Å². The van der Waals surface area contributed by atoms with Gasteiger partial charge in [-0.25, -0.2) is 4.68 Å². The number of nitrogens with one attached hydrogen (secondary N) is 2. The summed E-state index contributed by atoms with van der Waals surface area (Å²) >= 11 is 7.49. The van der Waals surface area contributed by atoms with Gasteiger partial charge in [-0.15, -0.1) is 10.2 Å². The highest BCUT2D eigenvalue weighted by atomic mass is 35.5. The van der Waals surface area contributed by atoms with E-state index in [1.807, 2.05) is 67.9 Å². The van der Waals surface area contributed by atoms with Crippen LogP contribution in [0.4, 0.5) is 5.69 Å². The molecule has 3 aromatic rings. The maximum Gasteiger partial charge on any atom is 0.240 e. The van der Waals surface area contributed by atoms with Crippen molar-refractivity contribution in [1.29, 1.82) is 0 Å². The Kier molecular flexibility index (Phi) is 5.52. The Labute approximate surface area is 179 Å². The molecule has 29 heavy (non-hydrogen) atoms. The standard InChI is InChI=1S/C21H22ClN5OS/c1-4-17-24-25-21-27(17)26-18(14-8-10-15(22)11-9-14)19(29-21)20(28)23-16-7-5-6-12(2)13(16)3/h5-11,18-19,26H,4H2,1-3H3,(H,23,28)/t18-,19+/m0/s1. The van der Waals surface area contributed by atoms with E-state index in [0.717, 1.165) is 34.6 Å². The number of aromatic nitrogens is 3. The first-order valence-electron chi connectivity index (χ1n) is 9.48. The zero-order valence-electron chi connectivity index (χ0n) is 16.4. The molecule has 1 aromatic heterocycles. The van der Waals surface area contributed by atoms with Gasteiger partial charge in [-0.3, -0.25) is 4.79 Å². The van der Waals surface area contributed by atoms with E-state index in [4.69, 9.17) is 11.6 Å². The van der Waals surface area contributed by atoms with Crippen molar-refractivity contribution < 1.29 is 4.79 Å². The second kappa shape index (κ2) is 8.08. The number of thioether (sulfide) groups is 1.